The lowest BCUT2D eigenvalue weighted by atomic mass is 10.3. The Labute approximate surface area is 72.3 Å². The standard InChI is InChI=1S/C9H22OSi/c1-7-9(4)10-11(5,6)8(2)3/h8-9H,7H2,1-6H3. The zero-order valence-corrected chi connectivity index (χ0v) is 9.77. The largest absolute Gasteiger partial charge is 0.415 e. The third-order valence-electron chi connectivity index (χ3n) is 2.47. The van der Waals surface area contributed by atoms with Gasteiger partial charge in [0.2, 0.25) is 0 Å². The van der Waals surface area contributed by atoms with Crippen LogP contribution in [-0.4, -0.2) is 14.4 Å². The molecule has 0 aromatic rings. The SMILES string of the molecule is CCC(C)O[Si](C)(C)C(C)C. The van der Waals surface area contributed by atoms with Crippen molar-refractivity contribution in [2.24, 2.45) is 0 Å². The molecule has 1 unspecified atom stereocenters. The van der Waals surface area contributed by atoms with Crippen LogP contribution in [0.2, 0.25) is 18.6 Å². The fraction of sp³-hybridized carbons (Fsp3) is 1.00. The summed E-state index contributed by atoms with van der Waals surface area (Å²) in [5, 5.41) is 0. The van der Waals surface area contributed by atoms with Gasteiger partial charge in [0.1, 0.15) is 0 Å². The lowest BCUT2D eigenvalue weighted by Crippen LogP contribution is -2.37. The van der Waals surface area contributed by atoms with Gasteiger partial charge in [-0.25, -0.2) is 0 Å². The van der Waals surface area contributed by atoms with Gasteiger partial charge in [0.15, 0.2) is 8.32 Å². The summed E-state index contributed by atoms with van der Waals surface area (Å²) >= 11 is 0. The summed E-state index contributed by atoms with van der Waals surface area (Å²) in [6, 6.07) is 0. The maximum Gasteiger partial charge on any atom is 0.189 e. The van der Waals surface area contributed by atoms with Crippen molar-refractivity contribution < 1.29 is 4.43 Å². The summed E-state index contributed by atoms with van der Waals surface area (Å²) in [7, 11) is -1.36. The Kier molecular flexibility index (Phi) is 4.33. The molecule has 0 heterocycles. The molecule has 0 amide bonds. The minimum atomic E-state index is -1.36. The average molecular weight is 174 g/mol. The van der Waals surface area contributed by atoms with Crippen molar-refractivity contribution in [3.05, 3.63) is 0 Å². The molecule has 0 saturated carbocycles. The van der Waals surface area contributed by atoms with Gasteiger partial charge in [-0.2, -0.15) is 0 Å². The highest BCUT2D eigenvalue weighted by atomic mass is 28.4. The Morgan fingerprint density at radius 1 is 1.18 bits per heavy atom. The Morgan fingerprint density at radius 3 is 1.91 bits per heavy atom. The second-order valence-corrected chi connectivity index (χ2v) is 8.69. The Bertz CT molecular complexity index is 110. The van der Waals surface area contributed by atoms with Crippen LogP contribution in [-0.2, 0) is 4.43 Å². The minimum absolute atomic E-state index is 0.444. The van der Waals surface area contributed by atoms with E-state index in [9.17, 15) is 0 Å². The normalized spacial score (nSPS) is 15.5. The highest BCUT2D eigenvalue weighted by molar-refractivity contribution is 6.72. The number of hydrogen-bond donors (Lipinski definition) is 0. The Morgan fingerprint density at radius 2 is 1.64 bits per heavy atom. The minimum Gasteiger partial charge on any atom is -0.415 e. The quantitative estimate of drug-likeness (QED) is 0.593. The van der Waals surface area contributed by atoms with Crippen LogP contribution in [0, 0.1) is 0 Å². The zero-order chi connectivity index (χ0) is 9.07. The predicted octanol–water partition coefficient (Wildman–Crippen LogP) is 3.42. The van der Waals surface area contributed by atoms with Crippen molar-refractivity contribution >= 4 is 8.32 Å². The molecular weight excluding hydrogens is 152 g/mol. The van der Waals surface area contributed by atoms with Crippen molar-refractivity contribution in [2.75, 3.05) is 0 Å². The van der Waals surface area contributed by atoms with Gasteiger partial charge < -0.3 is 4.43 Å². The molecule has 0 aliphatic heterocycles. The van der Waals surface area contributed by atoms with Crippen LogP contribution in [0.15, 0.2) is 0 Å². The third kappa shape index (κ3) is 3.92. The second-order valence-electron chi connectivity index (χ2n) is 4.09. The van der Waals surface area contributed by atoms with Crippen molar-refractivity contribution in [2.45, 2.75) is 58.9 Å². The molecule has 0 saturated heterocycles. The van der Waals surface area contributed by atoms with Crippen LogP contribution >= 0.6 is 0 Å². The summed E-state index contributed by atoms with van der Waals surface area (Å²) in [6.45, 7) is 13.4. The van der Waals surface area contributed by atoms with E-state index in [1.807, 2.05) is 0 Å². The Hall–Kier alpha value is 0.177. The lowest BCUT2D eigenvalue weighted by Gasteiger charge is -2.30. The Balaban J connectivity index is 3.90. The van der Waals surface area contributed by atoms with E-state index < -0.39 is 8.32 Å². The number of hydrogen-bond acceptors (Lipinski definition) is 1. The maximum atomic E-state index is 5.99. The molecule has 0 N–H and O–H groups in total. The van der Waals surface area contributed by atoms with Gasteiger partial charge in [-0.3, -0.25) is 0 Å². The van der Waals surface area contributed by atoms with E-state index in [0.29, 0.717) is 6.10 Å². The van der Waals surface area contributed by atoms with E-state index in [-0.39, 0.29) is 0 Å². The molecular formula is C9H22OSi. The van der Waals surface area contributed by atoms with E-state index >= 15 is 0 Å². The molecule has 11 heavy (non-hydrogen) atoms. The van der Waals surface area contributed by atoms with Gasteiger partial charge in [0, 0.05) is 6.10 Å². The highest BCUT2D eigenvalue weighted by Gasteiger charge is 2.28. The summed E-state index contributed by atoms with van der Waals surface area (Å²) in [5.74, 6) is 0. The van der Waals surface area contributed by atoms with Crippen molar-refractivity contribution in [3.8, 4) is 0 Å². The smallest absolute Gasteiger partial charge is 0.189 e. The topological polar surface area (TPSA) is 9.23 Å². The van der Waals surface area contributed by atoms with Gasteiger partial charge in [0.05, 0.1) is 0 Å². The molecule has 0 radical (unpaired) electrons. The number of rotatable bonds is 4. The first-order valence-electron chi connectivity index (χ1n) is 4.58. The van der Waals surface area contributed by atoms with Gasteiger partial charge in [0.25, 0.3) is 0 Å². The monoisotopic (exact) mass is 174 g/mol. The summed E-state index contributed by atoms with van der Waals surface area (Å²) in [5.41, 5.74) is 0.719. The van der Waals surface area contributed by atoms with Crippen LogP contribution in [0.1, 0.15) is 34.1 Å². The van der Waals surface area contributed by atoms with E-state index in [1.165, 1.54) is 0 Å². The molecule has 68 valence electrons. The van der Waals surface area contributed by atoms with Crippen LogP contribution in [0.4, 0.5) is 0 Å². The average Bonchev–Trinajstić information content (AvgIpc) is 1.86. The highest BCUT2D eigenvalue weighted by Crippen LogP contribution is 2.23. The molecule has 2 heteroatoms. The maximum absolute atomic E-state index is 5.99. The first-order valence-corrected chi connectivity index (χ1v) is 7.56. The molecule has 0 spiro atoms. The molecule has 1 nitrogen and oxygen atoms in total. The van der Waals surface area contributed by atoms with Crippen molar-refractivity contribution in [1.29, 1.82) is 0 Å². The predicted molar refractivity (Wildman–Crippen MR) is 53.4 cm³/mol. The molecule has 0 bridgehead atoms. The summed E-state index contributed by atoms with van der Waals surface area (Å²) in [6.07, 6.45) is 1.57. The van der Waals surface area contributed by atoms with Gasteiger partial charge in [-0.1, -0.05) is 20.8 Å². The van der Waals surface area contributed by atoms with Crippen LogP contribution in [0.5, 0.6) is 0 Å². The van der Waals surface area contributed by atoms with Gasteiger partial charge in [-0.15, -0.1) is 0 Å². The van der Waals surface area contributed by atoms with E-state index in [1.54, 1.807) is 0 Å². The van der Waals surface area contributed by atoms with Crippen molar-refractivity contribution in [1.82, 2.24) is 0 Å². The fourth-order valence-corrected chi connectivity index (χ4v) is 2.21. The molecule has 0 rings (SSSR count). The third-order valence-corrected chi connectivity index (χ3v) is 6.26. The summed E-state index contributed by atoms with van der Waals surface area (Å²) < 4.78 is 5.99. The molecule has 0 fully saturated rings. The lowest BCUT2D eigenvalue weighted by molar-refractivity contribution is 0.203. The zero-order valence-electron chi connectivity index (χ0n) is 8.77. The molecule has 0 aromatic heterocycles. The van der Waals surface area contributed by atoms with Gasteiger partial charge in [-0.05, 0) is 32.0 Å². The molecule has 0 aliphatic carbocycles. The van der Waals surface area contributed by atoms with Crippen LogP contribution in [0.25, 0.3) is 0 Å². The summed E-state index contributed by atoms with van der Waals surface area (Å²) in [4.78, 5) is 0. The van der Waals surface area contributed by atoms with E-state index in [4.69, 9.17) is 4.43 Å². The first-order chi connectivity index (χ1) is 4.90. The van der Waals surface area contributed by atoms with Gasteiger partial charge >= 0.3 is 0 Å². The molecule has 1 atom stereocenters. The van der Waals surface area contributed by atoms with E-state index in [0.717, 1.165) is 12.0 Å². The molecule has 0 aliphatic rings. The fourth-order valence-electron chi connectivity index (χ4n) is 0.738. The van der Waals surface area contributed by atoms with E-state index in [2.05, 4.69) is 40.8 Å². The first kappa shape index (κ1) is 11.2. The molecule has 0 aromatic carbocycles. The van der Waals surface area contributed by atoms with Crippen molar-refractivity contribution in [3.63, 3.8) is 0 Å². The van der Waals surface area contributed by atoms with Crippen LogP contribution < -0.4 is 0 Å². The van der Waals surface area contributed by atoms with Crippen LogP contribution in [0.3, 0.4) is 0 Å². The second kappa shape index (κ2) is 4.26.